The summed E-state index contributed by atoms with van der Waals surface area (Å²) in [5, 5.41) is 11.1. The van der Waals surface area contributed by atoms with Crippen LogP contribution in [0.15, 0.2) is 30.3 Å². The van der Waals surface area contributed by atoms with Gasteiger partial charge in [0.05, 0.1) is 22.8 Å². The zero-order chi connectivity index (χ0) is 13.2. The molecule has 4 heteroatoms. The molecule has 96 valence electrons. The van der Waals surface area contributed by atoms with Crippen LogP contribution in [0, 0.1) is 0 Å². The quantitative estimate of drug-likeness (QED) is 0.921. The molecular formula is C14H17NO2S. The normalized spacial score (nSPS) is 11.8. The highest BCUT2D eigenvalue weighted by atomic mass is 32.1. The summed E-state index contributed by atoms with van der Waals surface area (Å²) in [7, 11) is 1.63. The van der Waals surface area contributed by atoms with Crippen LogP contribution in [-0.2, 0) is 16.9 Å². The van der Waals surface area contributed by atoms with E-state index >= 15 is 0 Å². The Kier molecular flexibility index (Phi) is 3.80. The number of rotatable bonds is 4. The number of thiazole rings is 1. The first-order chi connectivity index (χ1) is 8.52. The average Bonchev–Trinajstić information content (AvgIpc) is 2.75. The Bertz CT molecular complexity index is 514. The number of aliphatic hydroxyl groups is 1. The molecule has 0 fully saturated rings. The van der Waals surface area contributed by atoms with Crippen molar-refractivity contribution in [3.8, 4) is 10.6 Å². The highest BCUT2D eigenvalue weighted by Gasteiger charge is 2.25. The van der Waals surface area contributed by atoms with Gasteiger partial charge in [-0.05, 0) is 13.8 Å². The second-order valence-corrected chi connectivity index (χ2v) is 5.65. The molecule has 0 unspecified atom stereocenters. The van der Waals surface area contributed by atoms with Crippen molar-refractivity contribution in [2.75, 3.05) is 7.11 Å². The van der Waals surface area contributed by atoms with E-state index in [0.29, 0.717) is 6.61 Å². The molecule has 2 aromatic rings. The molecule has 0 amide bonds. The smallest absolute Gasteiger partial charge is 0.124 e. The Morgan fingerprint density at radius 1 is 1.28 bits per heavy atom. The molecule has 2 rings (SSSR count). The Morgan fingerprint density at radius 3 is 2.50 bits per heavy atom. The van der Waals surface area contributed by atoms with E-state index in [2.05, 4.69) is 4.98 Å². The monoisotopic (exact) mass is 263 g/mol. The van der Waals surface area contributed by atoms with Gasteiger partial charge in [-0.15, -0.1) is 11.3 Å². The third-order valence-electron chi connectivity index (χ3n) is 2.55. The Morgan fingerprint density at radius 2 is 1.94 bits per heavy atom. The minimum atomic E-state index is -0.890. The Balaban J connectivity index is 2.46. The van der Waals surface area contributed by atoms with Gasteiger partial charge in [0.2, 0.25) is 0 Å². The molecule has 0 saturated carbocycles. The summed E-state index contributed by atoms with van der Waals surface area (Å²) in [5.41, 5.74) is 0.989. The zero-order valence-corrected chi connectivity index (χ0v) is 11.6. The minimum Gasteiger partial charge on any atom is -0.385 e. The Hall–Kier alpha value is -1.23. The SMILES string of the molecule is COCc1nc(-c2ccccc2)sc1C(C)(C)O. The lowest BCUT2D eigenvalue weighted by Crippen LogP contribution is -2.16. The van der Waals surface area contributed by atoms with Crippen LogP contribution in [0.1, 0.15) is 24.4 Å². The maximum atomic E-state index is 10.2. The van der Waals surface area contributed by atoms with Crippen molar-refractivity contribution >= 4 is 11.3 Å². The summed E-state index contributed by atoms with van der Waals surface area (Å²) < 4.78 is 5.15. The van der Waals surface area contributed by atoms with Crippen molar-refractivity contribution in [2.45, 2.75) is 26.1 Å². The van der Waals surface area contributed by atoms with Crippen molar-refractivity contribution < 1.29 is 9.84 Å². The number of aromatic nitrogens is 1. The van der Waals surface area contributed by atoms with Gasteiger partial charge in [-0.1, -0.05) is 30.3 Å². The van der Waals surface area contributed by atoms with E-state index in [1.165, 1.54) is 11.3 Å². The lowest BCUT2D eigenvalue weighted by molar-refractivity contribution is 0.0782. The predicted molar refractivity (Wildman–Crippen MR) is 73.5 cm³/mol. The van der Waals surface area contributed by atoms with Crippen LogP contribution in [0.3, 0.4) is 0 Å². The van der Waals surface area contributed by atoms with Crippen molar-refractivity contribution in [2.24, 2.45) is 0 Å². The van der Waals surface area contributed by atoms with E-state index in [-0.39, 0.29) is 0 Å². The van der Waals surface area contributed by atoms with Crippen LogP contribution in [-0.4, -0.2) is 17.2 Å². The molecule has 0 bridgehead atoms. The van der Waals surface area contributed by atoms with Crippen LogP contribution in [0.25, 0.3) is 10.6 Å². The summed E-state index contributed by atoms with van der Waals surface area (Å²) in [6.07, 6.45) is 0. The van der Waals surface area contributed by atoms with Crippen LogP contribution in [0.2, 0.25) is 0 Å². The molecule has 1 heterocycles. The number of nitrogens with zero attached hydrogens (tertiary/aromatic N) is 1. The molecule has 1 aromatic heterocycles. The lowest BCUT2D eigenvalue weighted by Gasteiger charge is -2.16. The van der Waals surface area contributed by atoms with Gasteiger partial charge in [0, 0.05) is 12.7 Å². The molecule has 0 aliphatic rings. The summed E-state index contributed by atoms with van der Waals surface area (Å²) in [5.74, 6) is 0. The van der Waals surface area contributed by atoms with Gasteiger partial charge in [0.1, 0.15) is 5.01 Å². The average molecular weight is 263 g/mol. The fourth-order valence-electron chi connectivity index (χ4n) is 1.77. The fraction of sp³-hybridized carbons (Fsp3) is 0.357. The van der Waals surface area contributed by atoms with Crippen LogP contribution in [0.4, 0.5) is 0 Å². The Labute approximate surface area is 111 Å². The molecule has 0 saturated heterocycles. The first kappa shape index (κ1) is 13.2. The molecule has 0 radical (unpaired) electrons. The highest BCUT2D eigenvalue weighted by molar-refractivity contribution is 7.15. The van der Waals surface area contributed by atoms with Gasteiger partial charge in [-0.2, -0.15) is 0 Å². The first-order valence-electron chi connectivity index (χ1n) is 5.79. The van der Waals surface area contributed by atoms with E-state index in [1.54, 1.807) is 21.0 Å². The van der Waals surface area contributed by atoms with Crippen LogP contribution < -0.4 is 0 Å². The zero-order valence-electron chi connectivity index (χ0n) is 10.8. The topological polar surface area (TPSA) is 42.4 Å². The van der Waals surface area contributed by atoms with Crippen LogP contribution >= 0.6 is 11.3 Å². The second kappa shape index (κ2) is 5.18. The summed E-state index contributed by atoms with van der Waals surface area (Å²) in [6.45, 7) is 3.96. The van der Waals surface area contributed by atoms with Gasteiger partial charge >= 0.3 is 0 Å². The van der Waals surface area contributed by atoms with Gasteiger partial charge in [-0.3, -0.25) is 0 Å². The standard InChI is InChI=1S/C14H17NO2S/c1-14(2,16)12-11(9-17-3)15-13(18-12)10-7-5-4-6-8-10/h4-8,16H,9H2,1-3H3. The second-order valence-electron chi connectivity index (χ2n) is 4.65. The molecule has 0 atom stereocenters. The summed E-state index contributed by atoms with van der Waals surface area (Å²) in [6, 6.07) is 9.98. The van der Waals surface area contributed by atoms with Gasteiger partial charge < -0.3 is 9.84 Å². The van der Waals surface area contributed by atoms with Gasteiger partial charge in [-0.25, -0.2) is 4.98 Å². The highest BCUT2D eigenvalue weighted by Crippen LogP contribution is 2.35. The molecular weight excluding hydrogens is 246 g/mol. The lowest BCUT2D eigenvalue weighted by atomic mass is 10.1. The number of hydrogen-bond donors (Lipinski definition) is 1. The summed E-state index contributed by atoms with van der Waals surface area (Å²) >= 11 is 1.52. The molecule has 3 nitrogen and oxygen atoms in total. The van der Waals surface area contributed by atoms with Crippen molar-refractivity contribution in [3.05, 3.63) is 40.9 Å². The summed E-state index contributed by atoms with van der Waals surface area (Å²) in [4.78, 5) is 5.43. The maximum absolute atomic E-state index is 10.2. The molecule has 0 aliphatic heterocycles. The third kappa shape index (κ3) is 2.77. The molecule has 0 aliphatic carbocycles. The molecule has 1 aromatic carbocycles. The number of benzene rings is 1. The molecule has 0 spiro atoms. The van der Waals surface area contributed by atoms with E-state index < -0.39 is 5.60 Å². The van der Waals surface area contributed by atoms with E-state index in [1.807, 2.05) is 30.3 Å². The van der Waals surface area contributed by atoms with Gasteiger partial charge in [0.25, 0.3) is 0 Å². The number of methoxy groups -OCH3 is 1. The van der Waals surface area contributed by atoms with Crippen molar-refractivity contribution in [3.63, 3.8) is 0 Å². The third-order valence-corrected chi connectivity index (χ3v) is 4.01. The predicted octanol–water partition coefficient (Wildman–Crippen LogP) is 3.18. The first-order valence-corrected chi connectivity index (χ1v) is 6.61. The van der Waals surface area contributed by atoms with Crippen LogP contribution in [0.5, 0.6) is 0 Å². The number of hydrogen-bond acceptors (Lipinski definition) is 4. The van der Waals surface area contributed by atoms with E-state index in [9.17, 15) is 5.11 Å². The van der Waals surface area contributed by atoms with Gasteiger partial charge in [0.15, 0.2) is 0 Å². The van der Waals surface area contributed by atoms with E-state index in [4.69, 9.17) is 4.74 Å². The minimum absolute atomic E-state index is 0.419. The largest absolute Gasteiger partial charge is 0.385 e. The fourth-order valence-corrected chi connectivity index (χ4v) is 2.84. The van der Waals surface area contributed by atoms with Crippen molar-refractivity contribution in [1.29, 1.82) is 0 Å². The maximum Gasteiger partial charge on any atom is 0.124 e. The molecule has 1 N–H and O–H groups in total. The van der Waals surface area contributed by atoms with Crippen molar-refractivity contribution in [1.82, 2.24) is 4.98 Å². The molecule has 18 heavy (non-hydrogen) atoms. The number of ether oxygens (including phenoxy) is 1. The van der Waals surface area contributed by atoms with E-state index in [0.717, 1.165) is 21.1 Å².